The van der Waals surface area contributed by atoms with E-state index in [9.17, 15) is 9.59 Å². The topological polar surface area (TPSA) is 67.9 Å². The van der Waals surface area contributed by atoms with Crippen molar-refractivity contribution >= 4 is 29.1 Å². The van der Waals surface area contributed by atoms with Gasteiger partial charge in [0, 0.05) is 30.2 Å². The molecule has 0 aromatic heterocycles. The third kappa shape index (κ3) is 4.03. The van der Waals surface area contributed by atoms with Gasteiger partial charge < -0.3 is 19.7 Å². The van der Waals surface area contributed by atoms with E-state index in [1.807, 2.05) is 18.2 Å². The van der Waals surface area contributed by atoms with Crippen LogP contribution in [0.4, 0.5) is 5.69 Å². The van der Waals surface area contributed by atoms with Crippen LogP contribution in [0, 0.1) is 0 Å². The molecule has 0 spiro atoms. The molecule has 6 nitrogen and oxygen atoms in total. The molecule has 0 saturated heterocycles. The third-order valence-electron chi connectivity index (χ3n) is 3.78. The molecule has 1 N–H and O–H groups in total. The van der Waals surface area contributed by atoms with Crippen LogP contribution in [0.2, 0.25) is 5.02 Å². The molecule has 0 atom stereocenters. The Morgan fingerprint density at radius 2 is 1.92 bits per heavy atom. The number of rotatable bonds is 5. The number of nitrogens with zero attached hydrogens (tertiary/aromatic N) is 1. The Labute approximate surface area is 150 Å². The van der Waals surface area contributed by atoms with Gasteiger partial charge in [0.15, 0.2) is 11.5 Å². The van der Waals surface area contributed by atoms with Gasteiger partial charge in [-0.15, -0.1) is 0 Å². The summed E-state index contributed by atoms with van der Waals surface area (Å²) >= 11 is 6.07. The lowest BCUT2D eigenvalue weighted by molar-refractivity contribution is -0.123. The number of nitrogens with one attached hydrogen (secondary N) is 1. The SMILES string of the molecule is CC(=O)N(CC(=O)NCc1ccccc1Cl)c1ccc2c(c1)OCO2. The van der Waals surface area contributed by atoms with Crippen molar-refractivity contribution in [2.24, 2.45) is 0 Å². The fraction of sp³-hybridized carbons (Fsp3) is 0.222. The highest BCUT2D eigenvalue weighted by Gasteiger charge is 2.20. The minimum Gasteiger partial charge on any atom is -0.454 e. The zero-order chi connectivity index (χ0) is 17.8. The van der Waals surface area contributed by atoms with Gasteiger partial charge in [-0.25, -0.2) is 0 Å². The predicted molar refractivity (Wildman–Crippen MR) is 93.9 cm³/mol. The summed E-state index contributed by atoms with van der Waals surface area (Å²) in [7, 11) is 0. The second-order valence-electron chi connectivity index (χ2n) is 5.51. The number of amides is 2. The Morgan fingerprint density at radius 1 is 1.16 bits per heavy atom. The van der Waals surface area contributed by atoms with Gasteiger partial charge in [0.2, 0.25) is 18.6 Å². The van der Waals surface area contributed by atoms with Crippen LogP contribution in [0.15, 0.2) is 42.5 Å². The second-order valence-corrected chi connectivity index (χ2v) is 5.92. The van der Waals surface area contributed by atoms with E-state index in [1.54, 1.807) is 24.3 Å². The molecule has 2 aromatic rings. The van der Waals surface area contributed by atoms with Crippen molar-refractivity contribution in [1.29, 1.82) is 0 Å². The summed E-state index contributed by atoms with van der Waals surface area (Å²) < 4.78 is 10.6. The van der Waals surface area contributed by atoms with E-state index in [-0.39, 0.29) is 25.2 Å². The number of halogens is 1. The van der Waals surface area contributed by atoms with Crippen LogP contribution >= 0.6 is 11.6 Å². The maximum absolute atomic E-state index is 12.2. The molecule has 1 aliphatic heterocycles. The van der Waals surface area contributed by atoms with Crippen molar-refractivity contribution < 1.29 is 19.1 Å². The first-order chi connectivity index (χ1) is 12.0. The number of ether oxygens (including phenoxy) is 2. The fourth-order valence-corrected chi connectivity index (χ4v) is 2.68. The average molecular weight is 361 g/mol. The van der Waals surface area contributed by atoms with Crippen molar-refractivity contribution in [3.8, 4) is 11.5 Å². The molecular formula is C18H17ClN2O4. The zero-order valence-electron chi connectivity index (χ0n) is 13.6. The fourth-order valence-electron chi connectivity index (χ4n) is 2.47. The molecule has 25 heavy (non-hydrogen) atoms. The van der Waals surface area contributed by atoms with Crippen molar-refractivity contribution in [3.05, 3.63) is 53.1 Å². The standard InChI is InChI=1S/C18H17ClN2O4/c1-12(22)21(14-6-7-16-17(8-14)25-11-24-16)10-18(23)20-9-13-4-2-3-5-15(13)19/h2-8H,9-11H2,1H3,(H,20,23). The zero-order valence-corrected chi connectivity index (χ0v) is 14.4. The van der Waals surface area contributed by atoms with Crippen LogP contribution in [0.5, 0.6) is 11.5 Å². The van der Waals surface area contributed by atoms with E-state index in [1.165, 1.54) is 11.8 Å². The number of hydrogen-bond acceptors (Lipinski definition) is 4. The van der Waals surface area contributed by atoms with E-state index in [2.05, 4.69) is 5.32 Å². The molecule has 2 amide bonds. The molecule has 130 valence electrons. The summed E-state index contributed by atoms with van der Waals surface area (Å²) in [5.41, 5.74) is 1.39. The molecule has 2 aromatic carbocycles. The molecule has 0 fully saturated rings. The largest absolute Gasteiger partial charge is 0.454 e. The summed E-state index contributed by atoms with van der Waals surface area (Å²) in [5, 5.41) is 3.36. The number of carbonyl (C=O) groups is 2. The third-order valence-corrected chi connectivity index (χ3v) is 4.15. The lowest BCUT2D eigenvalue weighted by Gasteiger charge is -2.21. The minimum absolute atomic E-state index is 0.0978. The van der Waals surface area contributed by atoms with Crippen molar-refractivity contribution in [1.82, 2.24) is 5.32 Å². The number of anilines is 1. The summed E-state index contributed by atoms with van der Waals surface area (Å²) in [4.78, 5) is 25.6. The van der Waals surface area contributed by atoms with Crippen molar-refractivity contribution in [3.63, 3.8) is 0 Å². The summed E-state index contributed by atoms with van der Waals surface area (Å²) in [6.45, 7) is 1.76. The Bertz CT molecular complexity index is 809. The average Bonchev–Trinajstić information content (AvgIpc) is 3.06. The van der Waals surface area contributed by atoms with Crippen LogP contribution in [0.1, 0.15) is 12.5 Å². The number of benzene rings is 2. The number of hydrogen-bond donors (Lipinski definition) is 1. The Hall–Kier alpha value is -2.73. The molecular weight excluding hydrogens is 344 g/mol. The quantitative estimate of drug-likeness (QED) is 0.890. The van der Waals surface area contributed by atoms with Gasteiger partial charge in [-0.1, -0.05) is 29.8 Å². The van der Waals surface area contributed by atoms with Gasteiger partial charge in [0.25, 0.3) is 0 Å². The van der Waals surface area contributed by atoms with Gasteiger partial charge in [-0.05, 0) is 23.8 Å². The second kappa shape index (κ2) is 7.44. The molecule has 0 bridgehead atoms. The van der Waals surface area contributed by atoms with Gasteiger partial charge in [-0.2, -0.15) is 0 Å². The normalized spacial score (nSPS) is 11.9. The van der Waals surface area contributed by atoms with Crippen LogP contribution in [-0.4, -0.2) is 25.2 Å². The van der Waals surface area contributed by atoms with E-state index in [0.717, 1.165) is 5.56 Å². The molecule has 1 heterocycles. The Morgan fingerprint density at radius 3 is 2.68 bits per heavy atom. The summed E-state index contributed by atoms with van der Waals surface area (Å²) in [5.74, 6) is 0.648. The minimum atomic E-state index is -0.284. The van der Waals surface area contributed by atoms with Crippen LogP contribution < -0.4 is 19.7 Å². The molecule has 0 saturated carbocycles. The Kier molecular flexibility index (Phi) is 5.09. The maximum Gasteiger partial charge on any atom is 0.240 e. The first-order valence-electron chi connectivity index (χ1n) is 7.72. The van der Waals surface area contributed by atoms with Gasteiger partial charge in [0.1, 0.15) is 6.54 Å². The Balaban J connectivity index is 1.66. The highest BCUT2D eigenvalue weighted by Crippen LogP contribution is 2.35. The first-order valence-corrected chi connectivity index (χ1v) is 8.10. The highest BCUT2D eigenvalue weighted by molar-refractivity contribution is 6.31. The van der Waals surface area contributed by atoms with Gasteiger partial charge in [0.05, 0.1) is 0 Å². The molecule has 0 radical (unpaired) electrons. The molecule has 3 rings (SSSR count). The predicted octanol–water partition coefficient (Wildman–Crippen LogP) is 2.74. The monoisotopic (exact) mass is 360 g/mol. The summed E-state index contributed by atoms with van der Waals surface area (Å²) in [6.07, 6.45) is 0. The number of carbonyl (C=O) groups excluding carboxylic acids is 2. The van der Waals surface area contributed by atoms with E-state index >= 15 is 0 Å². The number of fused-ring (bicyclic) bond motifs is 1. The summed E-state index contributed by atoms with van der Waals surface area (Å²) in [6, 6.07) is 12.4. The lowest BCUT2D eigenvalue weighted by atomic mass is 10.2. The van der Waals surface area contributed by atoms with Gasteiger partial charge in [-0.3, -0.25) is 9.59 Å². The highest BCUT2D eigenvalue weighted by atomic mass is 35.5. The van der Waals surface area contributed by atoms with E-state index < -0.39 is 0 Å². The molecule has 0 aliphatic carbocycles. The lowest BCUT2D eigenvalue weighted by Crippen LogP contribution is -2.39. The van der Waals surface area contributed by atoms with E-state index in [0.29, 0.717) is 28.8 Å². The molecule has 7 heteroatoms. The van der Waals surface area contributed by atoms with Crippen LogP contribution in [0.3, 0.4) is 0 Å². The van der Waals surface area contributed by atoms with Crippen LogP contribution in [-0.2, 0) is 16.1 Å². The molecule has 0 unspecified atom stereocenters. The first kappa shape index (κ1) is 17.1. The van der Waals surface area contributed by atoms with E-state index in [4.69, 9.17) is 21.1 Å². The van der Waals surface area contributed by atoms with Crippen LogP contribution in [0.25, 0.3) is 0 Å². The molecule has 1 aliphatic rings. The smallest absolute Gasteiger partial charge is 0.240 e. The maximum atomic E-state index is 12.2. The van der Waals surface area contributed by atoms with Crippen molar-refractivity contribution in [2.75, 3.05) is 18.2 Å². The van der Waals surface area contributed by atoms with Gasteiger partial charge >= 0.3 is 0 Å². The van der Waals surface area contributed by atoms with Crippen molar-refractivity contribution in [2.45, 2.75) is 13.5 Å².